The van der Waals surface area contributed by atoms with Crippen LogP contribution in [0.1, 0.15) is 42.5 Å². The Hall–Kier alpha value is -0.730. The summed E-state index contributed by atoms with van der Waals surface area (Å²) in [6.07, 6.45) is 2.20. The van der Waals surface area contributed by atoms with Gasteiger partial charge in [0.1, 0.15) is 5.75 Å². The van der Waals surface area contributed by atoms with E-state index in [1.165, 1.54) is 5.56 Å². The fraction of sp³-hybridized carbons (Fsp3) is 0.571. The van der Waals surface area contributed by atoms with Crippen LogP contribution in [0.25, 0.3) is 0 Å². The van der Waals surface area contributed by atoms with Crippen LogP contribution in [0.2, 0.25) is 5.02 Å². The van der Waals surface area contributed by atoms with Crippen LogP contribution in [0.3, 0.4) is 0 Å². The number of nitrogens with one attached hydrogen (secondary N) is 1. The highest BCUT2D eigenvalue weighted by Crippen LogP contribution is 2.38. The van der Waals surface area contributed by atoms with Gasteiger partial charge < -0.3 is 10.1 Å². The van der Waals surface area contributed by atoms with Crippen molar-refractivity contribution in [3.63, 3.8) is 0 Å². The molecule has 1 aromatic rings. The van der Waals surface area contributed by atoms with E-state index in [9.17, 15) is 0 Å². The molecule has 1 aliphatic heterocycles. The Bertz CT molecular complexity index is 417. The lowest BCUT2D eigenvalue weighted by molar-refractivity contribution is 0.315. The summed E-state index contributed by atoms with van der Waals surface area (Å²) in [7, 11) is 0. The zero-order valence-electron chi connectivity index (χ0n) is 10.8. The van der Waals surface area contributed by atoms with Gasteiger partial charge in [-0.15, -0.1) is 0 Å². The standard InChI is InChI=1S/C14H20ClNO/c1-4-16-11-6-5-7-17-12-8-9(2)14(15)10(3)13(11)12/h8,11,16H,4-7H2,1-3H3. The summed E-state index contributed by atoms with van der Waals surface area (Å²) in [4.78, 5) is 0. The van der Waals surface area contributed by atoms with Crippen molar-refractivity contribution in [1.29, 1.82) is 0 Å². The van der Waals surface area contributed by atoms with Gasteiger partial charge in [0.05, 0.1) is 6.61 Å². The molecule has 0 aliphatic carbocycles. The van der Waals surface area contributed by atoms with Crippen LogP contribution in [0.4, 0.5) is 0 Å². The van der Waals surface area contributed by atoms with Crippen LogP contribution in [-0.4, -0.2) is 13.2 Å². The maximum absolute atomic E-state index is 6.35. The first-order valence-electron chi connectivity index (χ1n) is 6.31. The Morgan fingerprint density at radius 1 is 1.47 bits per heavy atom. The average Bonchev–Trinajstić information content (AvgIpc) is 2.49. The molecule has 0 saturated heterocycles. The van der Waals surface area contributed by atoms with Gasteiger partial charge in [-0.1, -0.05) is 18.5 Å². The third kappa shape index (κ3) is 2.43. The Kier molecular flexibility index (Phi) is 3.95. The van der Waals surface area contributed by atoms with Crippen molar-refractivity contribution in [2.75, 3.05) is 13.2 Å². The molecule has 0 aromatic heterocycles. The molecule has 1 atom stereocenters. The molecule has 1 unspecified atom stereocenters. The molecule has 1 heterocycles. The van der Waals surface area contributed by atoms with E-state index < -0.39 is 0 Å². The number of aryl methyl sites for hydroxylation is 1. The van der Waals surface area contributed by atoms with Gasteiger partial charge in [0, 0.05) is 16.6 Å². The highest BCUT2D eigenvalue weighted by atomic mass is 35.5. The minimum absolute atomic E-state index is 0.371. The van der Waals surface area contributed by atoms with Crippen LogP contribution in [-0.2, 0) is 0 Å². The minimum atomic E-state index is 0.371. The van der Waals surface area contributed by atoms with Gasteiger partial charge in [-0.05, 0) is 50.4 Å². The summed E-state index contributed by atoms with van der Waals surface area (Å²) in [5.74, 6) is 1.01. The number of ether oxygens (including phenoxy) is 1. The van der Waals surface area contributed by atoms with E-state index in [0.29, 0.717) is 6.04 Å². The van der Waals surface area contributed by atoms with Gasteiger partial charge in [-0.25, -0.2) is 0 Å². The third-order valence-corrected chi connectivity index (χ3v) is 3.97. The van der Waals surface area contributed by atoms with Gasteiger partial charge in [0.15, 0.2) is 0 Å². The number of hydrogen-bond acceptors (Lipinski definition) is 2. The molecule has 1 N–H and O–H groups in total. The predicted molar refractivity (Wildman–Crippen MR) is 72.1 cm³/mol. The maximum atomic E-state index is 6.35. The Balaban J connectivity index is 2.51. The van der Waals surface area contributed by atoms with E-state index in [-0.39, 0.29) is 0 Å². The molecule has 0 saturated carbocycles. The first kappa shape index (κ1) is 12.7. The van der Waals surface area contributed by atoms with Crippen LogP contribution in [0.15, 0.2) is 6.07 Å². The third-order valence-electron chi connectivity index (χ3n) is 3.39. The Morgan fingerprint density at radius 2 is 2.24 bits per heavy atom. The molecule has 1 aliphatic rings. The molecule has 94 valence electrons. The smallest absolute Gasteiger partial charge is 0.124 e. The van der Waals surface area contributed by atoms with E-state index in [4.69, 9.17) is 16.3 Å². The Morgan fingerprint density at radius 3 is 2.94 bits per heavy atom. The Labute approximate surface area is 108 Å². The fourth-order valence-electron chi connectivity index (χ4n) is 2.55. The quantitative estimate of drug-likeness (QED) is 0.866. The molecule has 0 amide bonds. The minimum Gasteiger partial charge on any atom is -0.493 e. The SMILES string of the molecule is CCNC1CCCOc2cc(C)c(Cl)c(C)c21. The molecule has 1 aromatic carbocycles. The van der Waals surface area contributed by atoms with Crippen molar-refractivity contribution in [3.8, 4) is 5.75 Å². The summed E-state index contributed by atoms with van der Waals surface area (Å²) < 4.78 is 5.84. The van der Waals surface area contributed by atoms with Crippen LogP contribution < -0.4 is 10.1 Å². The van der Waals surface area contributed by atoms with Crippen molar-refractivity contribution in [1.82, 2.24) is 5.32 Å². The summed E-state index contributed by atoms with van der Waals surface area (Å²) in [5.41, 5.74) is 3.51. The van der Waals surface area contributed by atoms with Crippen molar-refractivity contribution in [2.45, 2.75) is 39.7 Å². The van der Waals surface area contributed by atoms with E-state index in [2.05, 4.69) is 25.2 Å². The monoisotopic (exact) mass is 253 g/mol. The van der Waals surface area contributed by atoms with Gasteiger partial charge >= 0.3 is 0 Å². The van der Waals surface area contributed by atoms with Crippen molar-refractivity contribution in [3.05, 3.63) is 27.8 Å². The molecule has 2 rings (SSSR count). The molecule has 0 fully saturated rings. The zero-order valence-corrected chi connectivity index (χ0v) is 11.5. The lowest BCUT2D eigenvalue weighted by Gasteiger charge is -2.21. The summed E-state index contributed by atoms with van der Waals surface area (Å²) in [6, 6.07) is 2.44. The molecule has 0 spiro atoms. The summed E-state index contributed by atoms with van der Waals surface area (Å²) in [5, 5.41) is 4.40. The predicted octanol–water partition coefficient (Wildman–Crippen LogP) is 3.78. The maximum Gasteiger partial charge on any atom is 0.124 e. The van der Waals surface area contributed by atoms with Crippen molar-refractivity contribution in [2.24, 2.45) is 0 Å². The number of benzene rings is 1. The van der Waals surface area contributed by atoms with Gasteiger partial charge in [0.2, 0.25) is 0 Å². The number of rotatable bonds is 2. The molecule has 0 radical (unpaired) electrons. The first-order chi connectivity index (χ1) is 8.15. The van der Waals surface area contributed by atoms with Crippen LogP contribution in [0, 0.1) is 13.8 Å². The van der Waals surface area contributed by atoms with Gasteiger partial charge in [0.25, 0.3) is 0 Å². The van der Waals surface area contributed by atoms with Gasteiger partial charge in [-0.2, -0.15) is 0 Å². The average molecular weight is 254 g/mol. The van der Waals surface area contributed by atoms with E-state index in [1.54, 1.807) is 0 Å². The molecular formula is C14H20ClNO. The summed E-state index contributed by atoms with van der Waals surface area (Å²) >= 11 is 6.35. The molecule has 2 nitrogen and oxygen atoms in total. The highest BCUT2D eigenvalue weighted by molar-refractivity contribution is 6.32. The van der Waals surface area contributed by atoms with E-state index >= 15 is 0 Å². The summed E-state index contributed by atoms with van der Waals surface area (Å²) in [6.45, 7) is 8.03. The molecule has 17 heavy (non-hydrogen) atoms. The van der Waals surface area contributed by atoms with Crippen molar-refractivity contribution < 1.29 is 4.74 Å². The van der Waals surface area contributed by atoms with Crippen LogP contribution in [0.5, 0.6) is 5.75 Å². The highest BCUT2D eigenvalue weighted by Gasteiger charge is 2.23. The van der Waals surface area contributed by atoms with E-state index in [0.717, 1.165) is 47.9 Å². The second-order valence-corrected chi connectivity index (χ2v) is 5.02. The lowest BCUT2D eigenvalue weighted by atomic mass is 9.95. The first-order valence-corrected chi connectivity index (χ1v) is 6.68. The van der Waals surface area contributed by atoms with Crippen LogP contribution >= 0.6 is 11.6 Å². The topological polar surface area (TPSA) is 21.3 Å². The normalized spacial score (nSPS) is 19.4. The second kappa shape index (κ2) is 5.28. The molecule has 3 heteroatoms. The number of halogens is 1. The van der Waals surface area contributed by atoms with Crippen molar-refractivity contribution >= 4 is 11.6 Å². The molecule has 0 bridgehead atoms. The number of hydrogen-bond donors (Lipinski definition) is 1. The number of fused-ring (bicyclic) bond motifs is 1. The molecular weight excluding hydrogens is 234 g/mol. The lowest BCUT2D eigenvalue weighted by Crippen LogP contribution is -2.21. The largest absolute Gasteiger partial charge is 0.493 e. The fourth-order valence-corrected chi connectivity index (χ4v) is 2.71. The second-order valence-electron chi connectivity index (χ2n) is 4.65. The van der Waals surface area contributed by atoms with Gasteiger partial charge in [-0.3, -0.25) is 0 Å². The van der Waals surface area contributed by atoms with E-state index in [1.807, 2.05) is 6.92 Å². The zero-order chi connectivity index (χ0) is 12.4.